The van der Waals surface area contributed by atoms with Crippen LogP contribution >= 0.6 is 11.6 Å². The molecule has 0 spiro atoms. The summed E-state index contributed by atoms with van der Waals surface area (Å²) in [6, 6.07) is 11.1. The predicted molar refractivity (Wildman–Crippen MR) is 150 cm³/mol. The number of imide groups is 1. The largest absolute Gasteiger partial charge is 0.453 e. The van der Waals surface area contributed by atoms with Gasteiger partial charge in [0.25, 0.3) is 17.7 Å². The van der Waals surface area contributed by atoms with Gasteiger partial charge in [-0.3, -0.25) is 24.3 Å². The van der Waals surface area contributed by atoms with E-state index in [0.717, 1.165) is 24.3 Å². The summed E-state index contributed by atoms with van der Waals surface area (Å²) in [6.45, 7) is 0. The van der Waals surface area contributed by atoms with Gasteiger partial charge in [0.05, 0.1) is 38.3 Å². The number of alkyl halides is 3. The summed E-state index contributed by atoms with van der Waals surface area (Å²) in [5, 5.41) is 8.52. The number of anilines is 2. The van der Waals surface area contributed by atoms with E-state index in [4.69, 9.17) is 16.3 Å². The van der Waals surface area contributed by atoms with Crippen molar-refractivity contribution in [3.63, 3.8) is 0 Å². The van der Waals surface area contributed by atoms with E-state index in [1.54, 1.807) is 0 Å². The Balaban J connectivity index is 1.56. The van der Waals surface area contributed by atoms with Crippen LogP contribution in [0, 0.1) is 11.6 Å². The van der Waals surface area contributed by atoms with E-state index in [1.807, 2.05) is 0 Å². The Morgan fingerprint density at radius 2 is 1.64 bits per heavy atom. The maximum atomic E-state index is 14.2. The topological polar surface area (TPSA) is 121 Å². The number of fused-ring (bicyclic) bond motifs is 2. The van der Waals surface area contributed by atoms with Crippen molar-refractivity contribution in [2.45, 2.75) is 6.18 Å². The lowest BCUT2D eigenvalue weighted by molar-refractivity contribution is -0.137. The number of nitrogens with one attached hydrogen (secondary N) is 2. The first kappa shape index (κ1) is 29.4. The van der Waals surface area contributed by atoms with Crippen molar-refractivity contribution < 1.29 is 45.9 Å². The smallest absolute Gasteiger partial charge is 0.416 e. The summed E-state index contributed by atoms with van der Waals surface area (Å²) in [5.41, 5.74) is -2.82. The number of aromatic amines is 1. The lowest BCUT2D eigenvalue weighted by atomic mass is 10.1. The Kier molecular flexibility index (Phi) is 7.08. The highest BCUT2D eigenvalue weighted by Crippen LogP contribution is 2.45. The molecule has 3 amide bonds. The van der Waals surface area contributed by atoms with E-state index in [1.165, 1.54) is 24.3 Å². The summed E-state index contributed by atoms with van der Waals surface area (Å²) in [4.78, 5) is 52.7. The number of ether oxygens (including phenoxy) is 1. The van der Waals surface area contributed by atoms with Gasteiger partial charge in [0.2, 0.25) is 0 Å². The molecule has 2 N–H and O–H groups in total. The van der Waals surface area contributed by atoms with Crippen molar-refractivity contribution in [1.29, 1.82) is 0 Å². The molecule has 1 aliphatic heterocycles. The second-order valence-electron chi connectivity index (χ2n) is 9.61. The van der Waals surface area contributed by atoms with Crippen molar-refractivity contribution >= 4 is 58.0 Å². The van der Waals surface area contributed by atoms with E-state index in [2.05, 4.69) is 15.5 Å². The van der Waals surface area contributed by atoms with Crippen LogP contribution in [0.4, 0.5) is 33.5 Å². The van der Waals surface area contributed by atoms with Gasteiger partial charge in [-0.1, -0.05) is 23.7 Å². The third-order valence-corrected chi connectivity index (χ3v) is 7.09. The minimum absolute atomic E-state index is 0.0425. The predicted octanol–water partition coefficient (Wildman–Crippen LogP) is 7.17. The molecule has 0 unspecified atom stereocenters. The molecular weight excluding hydrogens is 627 g/mol. The summed E-state index contributed by atoms with van der Waals surface area (Å²) >= 11 is 6.21. The summed E-state index contributed by atoms with van der Waals surface area (Å²) < 4.78 is 74.2. The van der Waals surface area contributed by atoms with Crippen LogP contribution in [0.15, 0.2) is 66.7 Å². The number of hydrogen-bond acceptors (Lipinski definition) is 6. The molecule has 0 bridgehead atoms. The van der Waals surface area contributed by atoms with E-state index in [0.29, 0.717) is 23.3 Å². The number of rotatable bonds is 6. The summed E-state index contributed by atoms with van der Waals surface area (Å²) in [6.07, 6.45) is -4.66. The molecule has 5 aromatic rings. The molecule has 1 aliphatic rings. The molecule has 0 saturated heterocycles. The second kappa shape index (κ2) is 10.8. The summed E-state index contributed by atoms with van der Waals surface area (Å²) in [7, 11) is 0. The first-order chi connectivity index (χ1) is 21.4. The molecule has 0 aliphatic carbocycles. The van der Waals surface area contributed by atoms with Gasteiger partial charge in [-0.05, 0) is 48.5 Å². The third-order valence-electron chi connectivity index (χ3n) is 6.78. The van der Waals surface area contributed by atoms with Gasteiger partial charge in [-0.25, -0.2) is 13.7 Å². The number of aromatic nitrogens is 2. The molecule has 226 valence electrons. The Labute approximate surface area is 253 Å². The summed E-state index contributed by atoms with van der Waals surface area (Å²) in [5.74, 6) is -6.16. The number of carbonyl (C=O) groups is 4. The zero-order valence-electron chi connectivity index (χ0n) is 22.1. The van der Waals surface area contributed by atoms with Gasteiger partial charge < -0.3 is 10.1 Å². The van der Waals surface area contributed by atoms with Gasteiger partial charge >= 0.3 is 6.18 Å². The maximum Gasteiger partial charge on any atom is 0.416 e. The van der Waals surface area contributed by atoms with Crippen LogP contribution in [-0.4, -0.2) is 34.2 Å². The van der Waals surface area contributed by atoms with Gasteiger partial charge in [-0.2, -0.15) is 18.3 Å². The van der Waals surface area contributed by atoms with Crippen molar-refractivity contribution in [3.8, 4) is 11.5 Å². The quantitative estimate of drug-likeness (QED) is 0.115. The van der Waals surface area contributed by atoms with Crippen LogP contribution in [0.3, 0.4) is 0 Å². The van der Waals surface area contributed by atoms with Crippen molar-refractivity contribution in [1.82, 2.24) is 10.2 Å². The fraction of sp³-hybridized carbons (Fsp3) is 0.0333. The number of halogens is 6. The van der Waals surface area contributed by atoms with Gasteiger partial charge in [-0.15, -0.1) is 0 Å². The number of carbonyl (C=O) groups excluding carboxylic acids is 4. The molecule has 4 aromatic carbocycles. The van der Waals surface area contributed by atoms with Crippen LogP contribution in [-0.2, 0) is 6.18 Å². The van der Waals surface area contributed by atoms with Gasteiger partial charge in [0, 0.05) is 17.2 Å². The molecule has 45 heavy (non-hydrogen) atoms. The molecule has 2 heterocycles. The molecule has 15 heteroatoms. The first-order valence-electron chi connectivity index (χ1n) is 12.7. The van der Waals surface area contributed by atoms with Crippen LogP contribution in [0.25, 0.3) is 10.9 Å². The average molecular weight is 641 g/mol. The number of aldehydes is 1. The molecule has 9 nitrogen and oxygen atoms in total. The standard InChI is InChI=1S/C30H14ClF5N4O5/c31-20-6-5-16(32)11-22(20)45-25-21(37-27(42)13-7-15(30(34,35)36)10-17(33)8-13)9-14(12-41)24-23(25)26(39-38-24)40-28(43)18-3-1-2-4-19(18)29(40)44/h1-12H,(H,37,42)(H,38,39). The number of amides is 3. The first-order valence-corrected chi connectivity index (χ1v) is 13.0. The molecule has 0 saturated carbocycles. The minimum Gasteiger partial charge on any atom is -0.453 e. The second-order valence-corrected chi connectivity index (χ2v) is 10.0. The van der Waals surface area contributed by atoms with E-state index in [-0.39, 0.29) is 50.2 Å². The Morgan fingerprint density at radius 3 is 2.29 bits per heavy atom. The van der Waals surface area contributed by atoms with Crippen molar-refractivity contribution in [3.05, 3.63) is 111 Å². The SMILES string of the molecule is O=Cc1cc(NC(=O)c2cc(F)cc(C(F)(F)F)c2)c(Oc2cc(F)ccc2Cl)c2c(N3C(=O)c4ccccc4C3=O)n[nH]c12. The third kappa shape index (κ3) is 5.14. The number of H-pyrrole nitrogens is 1. The van der Waals surface area contributed by atoms with E-state index < -0.39 is 58.1 Å². The molecule has 6 rings (SSSR count). The number of benzene rings is 4. The van der Waals surface area contributed by atoms with Crippen LogP contribution in [0.1, 0.15) is 47.0 Å². The van der Waals surface area contributed by atoms with Crippen LogP contribution < -0.4 is 15.0 Å². The fourth-order valence-corrected chi connectivity index (χ4v) is 4.92. The van der Waals surface area contributed by atoms with Crippen molar-refractivity contribution in [2.24, 2.45) is 0 Å². The van der Waals surface area contributed by atoms with Gasteiger partial charge in [0.15, 0.2) is 17.9 Å². The highest BCUT2D eigenvalue weighted by atomic mass is 35.5. The zero-order valence-corrected chi connectivity index (χ0v) is 22.9. The van der Waals surface area contributed by atoms with E-state index in [9.17, 15) is 41.1 Å². The molecule has 0 atom stereocenters. The Hall–Kier alpha value is -5.63. The lowest BCUT2D eigenvalue weighted by Gasteiger charge is -2.18. The molecule has 1 aromatic heterocycles. The Bertz CT molecular complexity index is 2060. The minimum atomic E-state index is -4.98. The van der Waals surface area contributed by atoms with Crippen LogP contribution in [0.5, 0.6) is 11.5 Å². The monoisotopic (exact) mass is 640 g/mol. The fourth-order valence-electron chi connectivity index (χ4n) is 4.76. The number of nitrogens with zero attached hydrogens (tertiary/aromatic N) is 2. The Morgan fingerprint density at radius 1 is 0.956 bits per heavy atom. The maximum absolute atomic E-state index is 14.2. The van der Waals surface area contributed by atoms with Gasteiger partial charge in [0.1, 0.15) is 17.4 Å². The lowest BCUT2D eigenvalue weighted by Crippen LogP contribution is -2.30. The normalized spacial score (nSPS) is 12.9. The number of hydrogen-bond donors (Lipinski definition) is 2. The zero-order chi connectivity index (χ0) is 32.2. The highest BCUT2D eigenvalue weighted by Gasteiger charge is 2.40. The van der Waals surface area contributed by atoms with E-state index >= 15 is 0 Å². The molecule has 0 fully saturated rings. The molecular formula is C30H14ClF5N4O5. The van der Waals surface area contributed by atoms with Crippen molar-refractivity contribution in [2.75, 3.05) is 10.2 Å². The average Bonchev–Trinajstić information content (AvgIpc) is 3.53. The molecule has 0 radical (unpaired) electrons. The highest BCUT2D eigenvalue weighted by molar-refractivity contribution is 6.36. The van der Waals surface area contributed by atoms with Crippen LogP contribution in [0.2, 0.25) is 5.02 Å².